The fourth-order valence-electron chi connectivity index (χ4n) is 3.40. The lowest BCUT2D eigenvalue weighted by atomic mass is 9.98. The molecule has 1 unspecified atom stereocenters. The lowest BCUT2D eigenvalue weighted by molar-refractivity contribution is 0.150. The molecule has 29 heavy (non-hydrogen) atoms. The zero-order valence-corrected chi connectivity index (χ0v) is 17.0. The largest absolute Gasteiger partial charge is 0.340 e. The number of amides is 2. The Labute approximate surface area is 170 Å². The molecule has 0 saturated carbocycles. The SMILES string of the molecule is CN(C)CCCN(C)C(=O)N1N=C(c2cc(F)ccc2F)CC1c1ccccc1. The van der Waals surface area contributed by atoms with Crippen LogP contribution >= 0.6 is 0 Å². The van der Waals surface area contributed by atoms with Crippen molar-refractivity contribution >= 4 is 11.7 Å². The van der Waals surface area contributed by atoms with Crippen LogP contribution in [-0.2, 0) is 0 Å². The first kappa shape index (κ1) is 20.9. The molecule has 154 valence electrons. The molecule has 1 atom stereocenters. The first-order chi connectivity index (χ1) is 13.9. The van der Waals surface area contributed by atoms with E-state index < -0.39 is 11.6 Å². The number of urea groups is 1. The van der Waals surface area contributed by atoms with Gasteiger partial charge >= 0.3 is 6.03 Å². The van der Waals surface area contributed by atoms with Crippen molar-refractivity contribution in [1.29, 1.82) is 0 Å². The summed E-state index contributed by atoms with van der Waals surface area (Å²) in [6.07, 6.45) is 1.15. The first-order valence-electron chi connectivity index (χ1n) is 9.63. The van der Waals surface area contributed by atoms with Gasteiger partial charge in [-0.1, -0.05) is 30.3 Å². The maximum absolute atomic E-state index is 14.3. The highest BCUT2D eigenvalue weighted by molar-refractivity contribution is 6.03. The Morgan fingerprint density at radius 1 is 1.10 bits per heavy atom. The van der Waals surface area contributed by atoms with Crippen molar-refractivity contribution in [3.8, 4) is 0 Å². The summed E-state index contributed by atoms with van der Waals surface area (Å²) >= 11 is 0. The molecule has 0 fully saturated rings. The first-order valence-corrected chi connectivity index (χ1v) is 9.63. The van der Waals surface area contributed by atoms with Crippen LogP contribution in [0.4, 0.5) is 13.6 Å². The minimum absolute atomic E-state index is 0.0940. The molecule has 0 bridgehead atoms. The molecule has 1 heterocycles. The monoisotopic (exact) mass is 400 g/mol. The minimum atomic E-state index is -0.550. The highest BCUT2D eigenvalue weighted by atomic mass is 19.1. The average Bonchev–Trinajstić information content (AvgIpc) is 3.14. The summed E-state index contributed by atoms with van der Waals surface area (Å²) < 4.78 is 28.0. The summed E-state index contributed by atoms with van der Waals surface area (Å²) in [4.78, 5) is 16.8. The number of carbonyl (C=O) groups is 1. The maximum Gasteiger partial charge on any atom is 0.340 e. The number of nitrogens with zero attached hydrogens (tertiary/aromatic N) is 4. The quantitative estimate of drug-likeness (QED) is 0.732. The Kier molecular flexibility index (Phi) is 6.59. The number of hydrazone groups is 1. The second kappa shape index (κ2) is 9.13. The smallest absolute Gasteiger partial charge is 0.326 e. The number of benzene rings is 2. The van der Waals surface area contributed by atoms with E-state index in [9.17, 15) is 13.6 Å². The number of hydrogen-bond donors (Lipinski definition) is 0. The van der Waals surface area contributed by atoms with Crippen LogP contribution in [0.3, 0.4) is 0 Å². The second-order valence-corrected chi connectivity index (χ2v) is 7.51. The van der Waals surface area contributed by atoms with Crippen molar-refractivity contribution in [2.24, 2.45) is 5.10 Å². The molecule has 1 aliphatic heterocycles. The Balaban J connectivity index is 1.88. The summed E-state index contributed by atoms with van der Waals surface area (Å²) in [5, 5.41) is 5.82. The predicted octanol–water partition coefficient (Wildman–Crippen LogP) is 4.12. The molecule has 0 radical (unpaired) electrons. The molecule has 7 heteroatoms. The van der Waals surface area contributed by atoms with Crippen LogP contribution in [-0.4, -0.2) is 60.8 Å². The lowest BCUT2D eigenvalue weighted by Crippen LogP contribution is -2.39. The molecular formula is C22H26F2N4O. The van der Waals surface area contributed by atoms with Gasteiger partial charge < -0.3 is 9.80 Å². The van der Waals surface area contributed by atoms with E-state index in [1.807, 2.05) is 44.4 Å². The average molecular weight is 400 g/mol. The van der Waals surface area contributed by atoms with Gasteiger partial charge in [0.2, 0.25) is 0 Å². The van der Waals surface area contributed by atoms with Gasteiger partial charge in [-0.25, -0.2) is 18.6 Å². The fraction of sp³-hybridized carbons (Fsp3) is 0.364. The highest BCUT2D eigenvalue weighted by Gasteiger charge is 2.35. The van der Waals surface area contributed by atoms with E-state index in [1.54, 1.807) is 11.9 Å². The molecule has 0 spiro atoms. The van der Waals surface area contributed by atoms with Crippen molar-refractivity contribution < 1.29 is 13.6 Å². The zero-order chi connectivity index (χ0) is 21.0. The van der Waals surface area contributed by atoms with Gasteiger partial charge in [0, 0.05) is 25.6 Å². The Hall–Kier alpha value is -2.80. The lowest BCUT2D eigenvalue weighted by Gasteiger charge is -2.27. The number of hydrogen-bond acceptors (Lipinski definition) is 3. The predicted molar refractivity (Wildman–Crippen MR) is 110 cm³/mol. The third kappa shape index (κ3) is 4.98. The molecular weight excluding hydrogens is 374 g/mol. The molecule has 1 aliphatic rings. The van der Waals surface area contributed by atoms with Gasteiger partial charge in [-0.3, -0.25) is 0 Å². The minimum Gasteiger partial charge on any atom is -0.326 e. The highest BCUT2D eigenvalue weighted by Crippen LogP contribution is 2.34. The van der Waals surface area contributed by atoms with Crippen molar-refractivity contribution in [3.63, 3.8) is 0 Å². The van der Waals surface area contributed by atoms with Gasteiger partial charge in [-0.05, 0) is 50.8 Å². The van der Waals surface area contributed by atoms with Gasteiger partial charge in [-0.15, -0.1) is 0 Å². The second-order valence-electron chi connectivity index (χ2n) is 7.51. The molecule has 0 saturated heterocycles. The van der Waals surface area contributed by atoms with Crippen LogP contribution in [0.2, 0.25) is 0 Å². The van der Waals surface area contributed by atoms with E-state index in [0.29, 0.717) is 18.7 Å². The van der Waals surface area contributed by atoms with Crippen LogP contribution in [0, 0.1) is 11.6 Å². The summed E-state index contributed by atoms with van der Waals surface area (Å²) in [6, 6.07) is 12.2. The van der Waals surface area contributed by atoms with E-state index in [0.717, 1.165) is 36.7 Å². The van der Waals surface area contributed by atoms with Crippen LogP contribution in [0.25, 0.3) is 0 Å². The van der Waals surface area contributed by atoms with Gasteiger partial charge in [-0.2, -0.15) is 5.10 Å². The van der Waals surface area contributed by atoms with Gasteiger partial charge in [0.1, 0.15) is 11.6 Å². The third-order valence-corrected chi connectivity index (χ3v) is 4.96. The third-order valence-electron chi connectivity index (χ3n) is 4.96. The number of carbonyl (C=O) groups excluding carboxylic acids is 1. The van der Waals surface area contributed by atoms with Crippen molar-refractivity contribution in [3.05, 3.63) is 71.3 Å². The molecule has 0 aliphatic carbocycles. The van der Waals surface area contributed by atoms with Gasteiger partial charge in [0.05, 0.1) is 11.8 Å². The number of halogens is 2. The number of rotatable bonds is 6. The Morgan fingerprint density at radius 3 is 2.52 bits per heavy atom. The molecule has 5 nitrogen and oxygen atoms in total. The molecule has 2 aromatic rings. The van der Waals surface area contributed by atoms with E-state index in [2.05, 4.69) is 10.0 Å². The molecule has 2 aromatic carbocycles. The van der Waals surface area contributed by atoms with Crippen molar-refractivity contribution in [1.82, 2.24) is 14.8 Å². The van der Waals surface area contributed by atoms with Gasteiger partial charge in [0.25, 0.3) is 0 Å². The summed E-state index contributed by atoms with van der Waals surface area (Å²) in [7, 11) is 5.70. The van der Waals surface area contributed by atoms with E-state index in [1.165, 1.54) is 5.01 Å². The molecule has 3 rings (SSSR count). The fourth-order valence-corrected chi connectivity index (χ4v) is 3.40. The van der Waals surface area contributed by atoms with Crippen LogP contribution in [0.15, 0.2) is 53.6 Å². The zero-order valence-electron chi connectivity index (χ0n) is 17.0. The van der Waals surface area contributed by atoms with Crippen LogP contribution in [0.1, 0.15) is 30.0 Å². The molecule has 0 aromatic heterocycles. The normalized spacial score (nSPS) is 16.3. The summed E-state index contributed by atoms with van der Waals surface area (Å²) in [5.74, 6) is -1.09. The topological polar surface area (TPSA) is 39.1 Å². The molecule has 0 N–H and O–H groups in total. The summed E-state index contributed by atoms with van der Waals surface area (Å²) in [5.41, 5.74) is 1.36. The van der Waals surface area contributed by atoms with Crippen LogP contribution in [0.5, 0.6) is 0 Å². The Bertz CT molecular complexity index is 886. The van der Waals surface area contributed by atoms with E-state index in [-0.39, 0.29) is 17.6 Å². The maximum atomic E-state index is 14.3. The van der Waals surface area contributed by atoms with E-state index in [4.69, 9.17) is 0 Å². The standard InChI is InChI=1S/C22H26F2N4O/c1-26(2)12-7-13-27(3)22(29)28-21(16-8-5-4-6-9-16)15-20(25-28)18-14-17(23)10-11-19(18)24/h4-6,8-11,14,21H,7,12-13,15H2,1-3H3. The Morgan fingerprint density at radius 2 is 1.83 bits per heavy atom. The van der Waals surface area contributed by atoms with Crippen LogP contribution < -0.4 is 0 Å². The van der Waals surface area contributed by atoms with Gasteiger partial charge in [0.15, 0.2) is 0 Å². The van der Waals surface area contributed by atoms with Crippen molar-refractivity contribution in [2.75, 3.05) is 34.2 Å². The van der Waals surface area contributed by atoms with Crippen molar-refractivity contribution in [2.45, 2.75) is 18.9 Å². The molecule has 2 amide bonds. The van der Waals surface area contributed by atoms with E-state index >= 15 is 0 Å². The summed E-state index contributed by atoms with van der Waals surface area (Å²) in [6.45, 7) is 1.44.